The molecule has 0 bridgehead atoms. The molecule has 0 radical (unpaired) electrons. The van der Waals surface area contributed by atoms with Gasteiger partial charge < -0.3 is 24.5 Å². The Morgan fingerprint density at radius 2 is 1.81 bits per heavy atom. The van der Waals surface area contributed by atoms with Gasteiger partial charge in [0.25, 0.3) is 5.91 Å². The molecule has 2 N–H and O–H groups in total. The second-order valence-electron chi connectivity index (χ2n) is 8.54. The van der Waals surface area contributed by atoms with Gasteiger partial charge in [-0.3, -0.25) is 19.3 Å². The van der Waals surface area contributed by atoms with Gasteiger partial charge in [0.2, 0.25) is 11.8 Å². The van der Waals surface area contributed by atoms with Crippen molar-refractivity contribution >= 4 is 23.4 Å². The number of anilines is 1. The fourth-order valence-electron chi connectivity index (χ4n) is 4.21. The number of ether oxygens (including phenoxy) is 2. The maximum atomic E-state index is 13.7. The quantitative estimate of drug-likeness (QED) is 0.413. The van der Waals surface area contributed by atoms with Crippen molar-refractivity contribution in [2.45, 2.75) is 31.9 Å². The summed E-state index contributed by atoms with van der Waals surface area (Å²) in [6, 6.07) is 18.1. The van der Waals surface area contributed by atoms with E-state index < -0.39 is 17.9 Å². The van der Waals surface area contributed by atoms with Crippen molar-refractivity contribution in [2.75, 3.05) is 31.2 Å². The van der Waals surface area contributed by atoms with Gasteiger partial charge in [0.05, 0.1) is 25.5 Å². The molecule has 1 saturated heterocycles. The van der Waals surface area contributed by atoms with E-state index in [9.17, 15) is 14.4 Å². The van der Waals surface area contributed by atoms with Crippen LogP contribution in [-0.2, 0) is 14.3 Å². The van der Waals surface area contributed by atoms with Crippen LogP contribution in [-0.4, -0.2) is 50.1 Å². The van der Waals surface area contributed by atoms with Gasteiger partial charge in [-0.05, 0) is 61.7 Å². The Bertz CT molecular complexity index is 1160. The van der Waals surface area contributed by atoms with E-state index in [1.807, 2.05) is 25.1 Å². The van der Waals surface area contributed by atoms with Gasteiger partial charge in [0.15, 0.2) is 5.76 Å². The van der Waals surface area contributed by atoms with Crippen LogP contribution in [0.4, 0.5) is 5.69 Å². The highest BCUT2D eigenvalue weighted by molar-refractivity contribution is 6.04. The summed E-state index contributed by atoms with van der Waals surface area (Å²) < 4.78 is 16.3. The van der Waals surface area contributed by atoms with Crippen molar-refractivity contribution < 1.29 is 28.3 Å². The van der Waals surface area contributed by atoms with Gasteiger partial charge in [0.1, 0.15) is 11.8 Å². The number of rotatable bonds is 11. The number of nitrogens with one attached hydrogen (secondary N) is 2. The Morgan fingerprint density at radius 1 is 1.03 bits per heavy atom. The Morgan fingerprint density at radius 3 is 2.46 bits per heavy atom. The van der Waals surface area contributed by atoms with Crippen LogP contribution in [0.5, 0.6) is 5.75 Å². The topological polar surface area (TPSA) is 110 Å². The molecule has 2 heterocycles. The third-order valence-corrected chi connectivity index (χ3v) is 5.99. The molecular formula is C28H31N3O6. The minimum absolute atomic E-state index is 0.0532. The monoisotopic (exact) mass is 505 g/mol. The molecule has 1 fully saturated rings. The smallest absolute Gasteiger partial charge is 0.287 e. The summed E-state index contributed by atoms with van der Waals surface area (Å²) in [4.78, 5) is 41.1. The standard InChI is InChI=1S/C28H31N3O6/c1-2-35-22-14-12-21(13-15-22)31(25(32)19-30-27(33)24-11-7-17-37-24)26(20-8-4-3-5-9-20)28(34)29-18-23-10-6-16-36-23/h3-5,7-9,11-15,17,23,26H,2,6,10,16,18-19H2,1H3,(H,29,34)(H,30,33)/t23-,26-/m1/s1. The molecule has 2 atom stereocenters. The first-order chi connectivity index (χ1) is 18.1. The third kappa shape index (κ3) is 6.77. The number of hydrogen-bond donors (Lipinski definition) is 2. The average molecular weight is 506 g/mol. The lowest BCUT2D eigenvalue weighted by atomic mass is 10.0. The zero-order chi connectivity index (χ0) is 26.0. The van der Waals surface area contributed by atoms with Crippen molar-refractivity contribution in [3.63, 3.8) is 0 Å². The SMILES string of the molecule is CCOc1ccc(N(C(=O)CNC(=O)c2ccco2)[C@@H](C(=O)NC[C@H]2CCCO2)c2ccccc2)cc1. The maximum absolute atomic E-state index is 13.7. The second kappa shape index (κ2) is 12.7. The van der Waals surface area contributed by atoms with Crippen LogP contribution in [0.2, 0.25) is 0 Å². The minimum atomic E-state index is -0.978. The van der Waals surface area contributed by atoms with Gasteiger partial charge in [-0.25, -0.2) is 0 Å². The molecule has 0 aliphatic carbocycles. The Kier molecular flexibility index (Phi) is 8.93. The van der Waals surface area contributed by atoms with E-state index in [1.165, 1.54) is 17.2 Å². The zero-order valence-corrected chi connectivity index (χ0v) is 20.7. The lowest BCUT2D eigenvalue weighted by molar-refractivity contribution is -0.126. The molecule has 4 rings (SSSR count). The summed E-state index contributed by atoms with van der Waals surface area (Å²) in [6.45, 7) is 3.07. The molecule has 3 aromatic rings. The second-order valence-corrected chi connectivity index (χ2v) is 8.54. The fraction of sp³-hybridized carbons (Fsp3) is 0.321. The molecule has 37 heavy (non-hydrogen) atoms. The van der Waals surface area contributed by atoms with Crippen molar-refractivity contribution in [1.29, 1.82) is 0 Å². The maximum Gasteiger partial charge on any atom is 0.287 e. The van der Waals surface area contributed by atoms with E-state index in [0.29, 0.717) is 36.8 Å². The van der Waals surface area contributed by atoms with Gasteiger partial charge in [-0.2, -0.15) is 0 Å². The van der Waals surface area contributed by atoms with Gasteiger partial charge in [-0.15, -0.1) is 0 Å². The minimum Gasteiger partial charge on any atom is -0.494 e. The van der Waals surface area contributed by atoms with E-state index in [2.05, 4.69) is 10.6 Å². The van der Waals surface area contributed by atoms with E-state index in [4.69, 9.17) is 13.9 Å². The summed E-state index contributed by atoms with van der Waals surface area (Å²) in [6.07, 6.45) is 3.15. The Labute approximate surface area is 215 Å². The van der Waals surface area contributed by atoms with Crippen molar-refractivity contribution in [1.82, 2.24) is 10.6 Å². The molecular weight excluding hydrogens is 474 g/mol. The Balaban J connectivity index is 1.63. The molecule has 2 aromatic carbocycles. The van der Waals surface area contributed by atoms with E-state index in [0.717, 1.165) is 12.8 Å². The number of amides is 3. The number of carbonyl (C=O) groups excluding carboxylic acids is 3. The van der Waals surface area contributed by atoms with Crippen molar-refractivity contribution in [2.24, 2.45) is 0 Å². The summed E-state index contributed by atoms with van der Waals surface area (Å²) >= 11 is 0. The predicted molar refractivity (Wildman–Crippen MR) is 137 cm³/mol. The summed E-state index contributed by atoms with van der Waals surface area (Å²) in [7, 11) is 0. The van der Waals surface area contributed by atoms with E-state index >= 15 is 0 Å². The fourth-order valence-corrected chi connectivity index (χ4v) is 4.21. The lowest BCUT2D eigenvalue weighted by Crippen LogP contribution is -2.48. The first-order valence-corrected chi connectivity index (χ1v) is 12.4. The van der Waals surface area contributed by atoms with Gasteiger partial charge >= 0.3 is 0 Å². The largest absolute Gasteiger partial charge is 0.494 e. The van der Waals surface area contributed by atoms with Gasteiger partial charge in [0, 0.05) is 18.8 Å². The molecule has 0 saturated carbocycles. The van der Waals surface area contributed by atoms with Crippen LogP contribution >= 0.6 is 0 Å². The van der Waals surface area contributed by atoms with Gasteiger partial charge in [-0.1, -0.05) is 30.3 Å². The van der Waals surface area contributed by atoms with Crippen LogP contribution in [0, 0.1) is 0 Å². The number of nitrogens with zero attached hydrogens (tertiary/aromatic N) is 1. The summed E-state index contributed by atoms with van der Waals surface area (Å²) in [5, 5.41) is 5.55. The molecule has 0 spiro atoms. The molecule has 1 aliphatic heterocycles. The van der Waals surface area contributed by atoms with Crippen LogP contribution in [0.1, 0.15) is 41.9 Å². The Hall–Kier alpha value is -4.11. The number of carbonyl (C=O) groups is 3. The molecule has 9 nitrogen and oxygen atoms in total. The highest BCUT2D eigenvalue weighted by Gasteiger charge is 2.33. The zero-order valence-electron chi connectivity index (χ0n) is 20.7. The lowest BCUT2D eigenvalue weighted by Gasteiger charge is -2.32. The molecule has 1 aliphatic rings. The first kappa shape index (κ1) is 26.0. The number of hydrogen-bond acceptors (Lipinski definition) is 6. The summed E-state index contributed by atoms with van der Waals surface area (Å²) in [5.74, 6) is -0.603. The van der Waals surface area contributed by atoms with E-state index in [-0.39, 0.29) is 24.3 Å². The van der Waals surface area contributed by atoms with Crippen LogP contribution in [0.15, 0.2) is 77.4 Å². The molecule has 9 heteroatoms. The van der Waals surface area contributed by atoms with Crippen LogP contribution in [0.25, 0.3) is 0 Å². The number of furan rings is 1. The highest BCUT2D eigenvalue weighted by atomic mass is 16.5. The van der Waals surface area contributed by atoms with Crippen molar-refractivity contribution in [3.8, 4) is 5.75 Å². The normalized spacial score (nSPS) is 15.5. The molecule has 1 aromatic heterocycles. The predicted octanol–water partition coefficient (Wildman–Crippen LogP) is 3.48. The van der Waals surface area contributed by atoms with Crippen molar-refractivity contribution in [3.05, 3.63) is 84.3 Å². The first-order valence-electron chi connectivity index (χ1n) is 12.4. The van der Waals surface area contributed by atoms with E-state index in [1.54, 1.807) is 42.5 Å². The molecule has 3 amide bonds. The van der Waals surface area contributed by atoms with Crippen LogP contribution < -0.4 is 20.3 Å². The molecule has 194 valence electrons. The molecule has 0 unspecified atom stereocenters. The third-order valence-electron chi connectivity index (χ3n) is 5.99. The van der Waals surface area contributed by atoms with Crippen LogP contribution in [0.3, 0.4) is 0 Å². The average Bonchev–Trinajstić information content (AvgIpc) is 3.65. The summed E-state index contributed by atoms with van der Waals surface area (Å²) in [5.41, 5.74) is 1.12. The number of benzene rings is 2. The highest BCUT2D eigenvalue weighted by Crippen LogP contribution is 2.30.